The third kappa shape index (κ3) is 3.49. The zero-order valence-corrected chi connectivity index (χ0v) is 15.2. The van der Waals surface area contributed by atoms with Crippen LogP contribution in [0.15, 0.2) is 53.0 Å². The Labute approximate surface area is 154 Å². The fourth-order valence-electron chi connectivity index (χ4n) is 3.01. The standard InChI is InChI=1S/C19H17BrN4O/c1-11-21-18(24-23-11)13-3-2-4-15(9-13)22-19(25)17-10-16(17)12-5-7-14(20)8-6-12/h2-9,16-17H,10H2,1H3,(H,22,25)(H,21,23,24). The molecule has 5 nitrogen and oxygen atoms in total. The van der Waals surface area contributed by atoms with Crippen molar-refractivity contribution in [2.45, 2.75) is 19.3 Å². The van der Waals surface area contributed by atoms with Gasteiger partial charge in [-0.3, -0.25) is 9.89 Å². The van der Waals surface area contributed by atoms with Crippen LogP contribution in [0.3, 0.4) is 0 Å². The lowest BCUT2D eigenvalue weighted by Gasteiger charge is -2.06. The molecule has 2 N–H and O–H groups in total. The molecule has 3 aromatic rings. The van der Waals surface area contributed by atoms with Crippen LogP contribution in [0.5, 0.6) is 0 Å². The summed E-state index contributed by atoms with van der Waals surface area (Å²) in [4.78, 5) is 16.8. The summed E-state index contributed by atoms with van der Waals surface area (Å²) in [7, 11) is 0. The first-order valence-electron chi connectivity index (χ1n) is 8.16. The predicted octanol–water partition coefficient (Wildman–Crippen LogP) is 4.28. The first-order chi connectivity index (χ1) is 12.1. The molecule has 1 heterocycles. The first-order valence-corrected chi connectivity index (χ1v) is 8.95. The van der Waals surface area contributed by atoms with Crippen molar-refractivity contribution >= 4 is 27.5 Å². The van der Waals surface area contributed by atoms with Gasteiger partial charge in [-0.2, -0.15) is 5.10 Å². The number of H-pyrrole nitrogens is 1. The molecule has 1 aliphatic carbocycles. The van der Waals surface area contributed by atoms with Crippen LogP contribution >= 0.6 is 15.9 Å². The highest BCUT2D eigenvalue weighted by Crippen LogP contribution is 2.48. The predicted molar refractivity (Wildman–Crippen MR) is 100 cm³/mol. The largest absolute Gasteiger partial charge is 0.326 e. The summed E-state index contributed by atoms with van der Waals surface area (Å²) in [6.45, 7) is 1.86. The smallest absolute Gasteiger partial charge is 0.228 e. The van der Waals surface area contributed by atoms with E-state index in [1.165, 1.54) is 5.56 Å². The topological polar surface area (TPSA) is 70.7 Å². The Morgan fingerprint density at radius 1 is 1.24 bits per heavy atom. The minimum atomic E-state index is 0.0376. The Hall–Kier alpha value is -2.47. The van der Waals surface area contributed by atoms with E-state index in [2.05, 4.69) is 48.6 Å². The fourth-order valence-corrected chi connectivity index (χ4v) is 3.27. The van der Waals surface area contributed by atoms with Gasteiger partial charge in [0, 0.05) is 21.6 Å². The van der Waals surface area contributed by atoms with Crippen LogP contribution in [-0.4, -0.2) is 21.1 Å². The minimum absolute atomic E-state index is 0.0376. The Kier molecular flexibility index (Phi) is 4.13. The molecule has 6 heteroatoms. The van der Waals surface area contributed by atoms with Gasteiger partial charge >= 0.3 is 0 Å². The van der Waals surface area contributed by atoms with Crippen LogP contribution in [0.25, 0.3) is 11.4 Å². The van der Waals surface area contributed by atoms with Gasteiger partial charge in [0.2, 0.25) is 5.91 Å². The molecular weight excluding hydrogens is 380 g/mol. The third-order valence-corrected chi connectivity index (χ3v) is 4.94. The van der Waals surface area contributed by atoms with Gasteiger partial charge in [-0.05, 0) is 49.1 Å². The lowest BCUT2D eigenvalue weighted by Crippen LogP contribution is -2.14. The van der Waals surface area contributed by atoms with Crippen LogP contribution in [0.1, 0.15) is 23.7 Å². The van der Waals surface area contributed by atoms with Crippen molar-refractivity contribution in [1.29, 1.82) is 0 Å². The number of aryl methyl sites for hydroxylation is 1. The molecule has 1 saturated carbocycles. The second kappa shape index (κ2) is 6.44. The molecule has 0 saturated heterocycles. The van der Waals surface area contributed by atoms with Gasteiger partial charge in [-0.1, -0.05) is 40.2 Å². The monoisotopic (exact) mass is 396 g/mol. The lowest BCUT2D eigenvalue weighted by atomic mass is 10.1. The Morgan fingerprint density at radius 2 is 2.04 bits per heavy atom. The second-order valence-corrected chi connectivity index (χ2v) is 7.23. The number of hydrogen-bond acceptors (Lipinski definition) is 3. The molecule has 2 atom stereocenters. The number of carbonyl (C=O) groups excluding carboxylic acids is 1. The number of nitrogens with zero attached hydrogens (tertiary/aromatic N) is 2. The number of halogens is 1. The Morgan fingerprint density at radius 3 is 2.76 bits per heavy atom. The Balaban J connectivity index is 1.44. The summed E-state index contributed by atoms with van der Waals surface area (Å²) >= 11 is 3.44. The molecule has 25 heavy (non-hydrogen) atoms. The van der Waals surface area contributed by atoms with Crippen molar-refractivity contribution in [2.75, 3.05) is 5.32 Å². The summed E-state index contributed by atoms with van der Waals surface area (Å²) in [6.07, 6.45) is 0.896. The maximum atomic E-state index is 12.5. The van der Waals surface area contributed by atoms with Crippen molar-refractivity contribution in [3.8, 4) is 11.4 Å². The minimum Gasteiger partial charge on any atom is -0.326 e. The van der Waals surface area contributed by atoms with Crippen molar-refractivity contribution in [3.05, 3.63) is 64.4 Å². The van der Waals surface area contributed by atoms with Gasteiger partial charge in [0.15, 0.2) is 5.82 Å². The Bertz CT molecular complexity index is 919. The molecule has 4 rings (SSSR count). The SMILES string of the molecule is Cc1nc(-c2cccc(NC(=O)C3CC3c3ccc(Br)cc3)c2)n[nH]1. The molecule has 0 radical (unpaired) electrons. The summed E-state index contributed by atoms with van der Waals surface area (Å²) in [6, 6.07) is 15.8. The third-order valence-electron chi connectivity index (χ3n) is 4.41. The van der Waals surface area contributed by atoms with Crippen molar-refractivity contribution in [1.82, 2.24) is 15.2 Å². The number of benzene rings is 2. The van der Waals surface area contributed by atoms with Crippen molar-refractivity contribution in [2.24, 2.45) is 5.92 Å². The highest BCUT2D eigenvalue weighted by molar-refractivity contribution is 9.10. The normalized spacial score (nSPS) is 18.8. The number of aromatic nitrogens is 3. The zero-order chi connectivity index (χ0) is 17.4. The highest BCUT2D eigenvalue weighted by Gasteiger charge is 2.43. The van der Waals surface area contributed by atoms with E-state index in [-0.39, 0.29) is 11.8 Å². The lowest BCUT2D eigenvalue weighted by molar-refractivity contribution is -0.117. The fraction of sp³-hybridized carbons (Fsp3) is 0.211. The molecule has 2 aromatic carbocycles. The maximum Gasteiger partial charge on any atom is 0.228 e. The quantitative estimate of drug-likeness (QED) is 0.690. The first kappa shape index (κ1) is 16.0. The molecule has 0 bridgehead atoms. The number of amides is 1. The number of rotatable bonds is 4. The van der Waals surface area contributed by atoms with Crippen molar-refractivity contribution in [3.63, 3.8) is 0 Å². The van der Waals surface area contributed by atoms with E-state index in [9.17, 15) is 4.79 Å². The van der Waals surface area contributed by atoms with E-state index in [4.69, 9.17) is 0 Å². The van der Waals surface area contributed by atoms with Crippen LogP contribution in [0.4, 0.5) is 5.69 Å². The van der Waals surface area contributed by atoms with Gasteiger partial charge < -0.3 is 5.32 Å². The molecule has 1 fully saturated rings. The van der Waals surface area contributed by atoms with E-state index in [0.29, 0.717) is 11.7 Å². The zero-order valence-electron chi connectivity index (χ0n) is 13.7. The molecule has 0 spiro atoms. The second-order valence-electron chi connectivity index (χ2n) is 6.31. The van der Waals surface area contributed by atoms with Crippen molar-refractivity contribution < 1.29 is 4.79 Å². The number of hydrogen-bond donors (Lipinski definition) is 2. The van der Waals surface area contributed by atoms with Crippen LogP contribution in [-0.2, 0) is 4.79 Å². The van der Waals surface area contributed by atoms with E-state index in [1.54, 1.807) is 0 Å². The summed E-state index contributed by atoms with van der Waals surface area (Å²) < 4.78 is 1.05. The van der Waals surface area contributed by atoms with Crippen LogP contribution in [0.2, 0.25) is 0 Å². The number of nitrogens with one attached hydrogen (secondary N) is 2. The summed E-state index contributed by atoms with van der Waals surface area (Å²) in [5.74, 6) is 1.81. The maximum absolute atomic E-state index is 12.5. The van der Waals surface area contributed by atoms with Gasteiger partial charge in [-0.15, -0.1) is 0 Å². The van der Waals surface area contributed by atoms with Crippen LogP contribution in [0, 0.1) is 12.8 Å². The highest BCUT2D eigenvalue weighted by atomic mass is 79.9. The molecule has 2 unspecified atom stereocenters. The number of aromatic amines is 1. The molecule has 1 amide bonds. The average molecular weight is 397 g/mol. The van der Waals surface area contributed by atoms with Gasteiger partial charge in [0.05, 0.1) is 0 Å². The average Bonchev–Trinajstić information content (AvgIpc) is 3.30. The summed E-state index contributed by atoms with van der Waals surface area (Å²) in [5.41, 5.74) is 2.86. The van der Waals surface area contributed by atoms with Crippen LogP contribution < -0.4 is 5.32 Å². The van der Waals surface area contributed by atoms with E-state index < -0.39 is 0 Å². The summed E-state index contributed by atoms with van der Waals surface area (Å²) in [5, 5.41) is 10.0. The molecule has 126 valence electrons. The number of carbonyl (C=O) groups is 1. The van der Waals surface area contributed by atoms with E-state index >= 15 is 0 Å². The van der Waals surface area contributed by atoms with Gasteiger partial charge in [0.25, 0.3) is 0 Å². The molecule has 1 aliphatic rings. The molecule has 0 aliphatic heterocycles. The van der Waals surface area contributed by atoms with E-state index in [1.807, 2.05) is 43.3 Å². The van der Waals surface area contributed by atoms with E-state index in [0.717, 1.165) is 28.0 Å². The molecular formula is C19H17BrN4O. The van der Waals surface area contributed by atoms with Gasteiger partial charge in [0.1, 0.15) is 5.82 Å². The van der Waals surface area contributed by atoms with Gasteiger partial charge in [-0.25, -0.2) is 4.98 Å². The number of anilines is 1. The molecule has 1 aromatic heterocycles.